The molecule has 1 aromatic rings. The number of phenols is 1. The predicted molar refractivity (Wildman–Crippen MR) is 65.6 cm³/mol. The largest absolute Gasteiger partial charge is 0.508 e. The Labute approximate surface area is 105 Å². The molecule has 0 aromatic heterocycles. The van der Waals surface area contributed by atoms with Crippen LogP contribution in [-0.4, -0.2) is 16.2 Å². The molecule has 1 saturated carbocycles. The summed E-state index contributed by atoms with van der Waals surface area (Å²) in [6.45, 7) is 1.81. The Hall–Kier alpha value is -1.22. The molecule has 0 spiro atoms. The first-order chi connectivity index (χ1) is 7.99. The molecule has 1 aliphatic rings. The van der Waals surface area contributed by atoms with E-state index < -0.39 is 5.97 Å². The quantitative estimate of drug-likeness (QED) is 0.867. The van der Waals surface area contributed by atoms with Crippen LogP contribution in [0.5, 0.6) is 5.75 Å². The number of aliphatic carboxylic acids is 1. The molecule has 1 aliphatic carbocycles. The van der Waals surface area contributed by atoms with E-state index in [0.29, 0.717) is 16.5 Å². The Kier molecular flexibility index (Phi) is 3.29. The van der Waals surface area contributed by atoms with E-state index in [4.69, 9.17) is 16.7 Å². The molecule has 1 unspecified atom stereocenters. The Bertz CT molecular complexity index is 452. The Balaban J connectivity index is 2.35. The lowest BCUT2D eigenvalue weighted by Crippen LogP contribution is -2.08. The average Bonchev–Trinajstić information content (AvgIpc) is 3.04. The molecule has 3 nitrogen and oxygen atoms in total. The van der Waals surface area contributed by atoms with Crippen LogP contribution in [0.3, 0.4) is 0 Å². The van der Waals surface area contributed by atoms with Gasteiger partial charge in [-0.05, 0) is 48.9 Å². The molecule has 2 N–H and O–H groups in total. The van der Waals surface area contributed by atoms with Gasteiger partial charge in [0.15, 0.2) is 0 Å². The van der Waals surface area contributed by atoms with Crippen LogP contribution in [0.4, 0.5) is 0 Å². The fraction of sp³-hybridized carbons (Fsp3) is 0.462. The molecule has 92 valence electrons. The van der Waals surface area contributed by atoms with Crippen LogP contribution < -0.4 is 0 Å². The van der Waals surface area contributed by atoms with Crippen molar-refractivity contribution < 1.29 is 15.0 Å². The van der Waals surface area contributed by atoms with Crippen LogP contribution in [0.2, 0.25) is 5.02 Å². The molecule has 0 heterocycles. The molecule has 1 fully saturated rings. The first kappa shape index (κ1) is 12.2. The lowest BCUT2D eigenvalue weighted by atomic mass is 9.89. The number of carboxylic acids is 1. The molecule has 0 radical (unpaired) electrons. The van der Waals surface area contributed by atoms with Crippen LogP contribution in [0.25, 0.3) is 0 Å². The topological polar surface area (TPSA) is 57.5 Å². The summed E-state index contributed by atoms with van der Waals surface area (Å²) in [6.07, 6.45) is 2.11. The van der Waals surface area contributed by atoms with E-state index in [0.717, 1.165) is 18.4 Å². The van der Waals surface area contributed by atoms with Crippen molar-refractivity contribution in [3.8, 4) is 5.75 Å². The molecule has 0 amide bonds. The number of aromatic hydroxyl groups is 1. The number of halogens is 1. The molecule has 17 heavy (non-hydrogen) atoms. The van der Waals surface area contributed by atoms with Crippen molar-refractivity contribution in [1.29, 1.82) is 0 Å². The summed E-state index contributed by atoms with van der Waals surface area (Å²) >= 11 is 6.03. The van der Waals surface area contributed by atoms with Crippen molar-refractivity contribution >= 4 is 17.6 Å². The zero-order chi connectivity index (χ0) is 12.6. The second-order valence-electron chi connectivity index (χ2n) is 4.70. The van der Waals surface area contributed by atoms with Gasteiger partial charge in [0.05, 0.1) is 6.42 Å². The highest BCUT2D eigenvalue weighted by atomic mass is 35.5. The van der Waals surface area contributed by atoms with Crippen molar-refractivity contribution in [3.63, 3.8) is 0 Å². The normalized spacial score (nSPS) is 16.8. The van der Waals surface area contributed by atoms with Gasteiger partial charge in [-0.3, -0.25) is 4.79 Å². The monoisotopic (exact) mass is 254 g/mol. The van der Waals surface area contributed by atoms with Crippen molar-refractivity contribution in [2.24, 2.45) is 5.92 Å². The van der Waals surface area contributed by atoms with Gasteiger partial charge in [0.2, 0.25) is 0 Å². The minimum atomic E-state index is -0.835. The van der Waals surface area contributed by atoms with Crippen molar-refractivity contribution in [2.75, 3.05) is 0 Å². The highest BCUT2D eigenvalue weighted by Crippen LogP contribution is 2.47. The minimum absolute atomic E-state index is 0.0532. The predicted octanol–water partition coefficient (Wildman–Crippen LogP) is 3.32. The summed E-state index contributed by atoms with van der Waals surface area (Å²) < 4.78 is 0. The van der Waals surface area contributed by atoms with Crippen molar-refractivity contribution in [1.82, 2.24) is 0 Å². The molecule has 1 atom stereocenters. The summed E-state index contributed by atoms with van der Waals surface area (Å²) in [5.41, 5.74) is 1.48. The van der Waals surface area contributed by atoms with E-state index in [9.17, 15) is 9.90 Å². The summed E-state index contributed by atoms with van der Waals surface area (Å²) in [7, 11) is 0. The Morgan fingerprint density at radius 1 is 1.53 bits per heavy atom. The SMILES string of the molecule is Cc1cc(O)c(C(CC(=O)O)C2CC2)cc1Cl. The number of benzene rings is 1. The molecular formula is C13H15ClO3. The third-order valence-electron chi connectivity index (χ3n) is 3.29. The maximum Gasteiger partial charge on any atom is 0.303 e. The number of aryl methyl sites for hydroxylation is 1. The number of phenolic OH excluding ortho intramolecular Hbond substituents is 1. The minimum Gasteiger partial charge on any atom is -0.508 e. The van der Waals surface area contributed by atoms with Gasteiger partial charge in [0.1, 0.15) is 5.75 Å². The molecule has 4 heteroatoms. The van der Waals surface area contributed by atoms with Crippen molar-refractivity contribution in [2.45, 2.75) is 32.1 Å². The smallest absolute Gasteiger partial charge is 0.303 e. The number of rotatable bonds is 4. The van der Waals surface area contributed by atoms with E-state index in [2.05, 4.69) is 0 Å². The van der Waals surface area contributed by atoms with E-state index >= 15 is 0 Å². The van der Waals surface area contributed by atoms with Gasteiger partial charge in [-0.15, -0.1) is 0 Å². The maximum absolute atomic E-state index is 10.9. The zero-order valence-electron chi connectivity index (χ0n) is 9.61. The van der Waals surface area contributed by atoms with Crippen LogP contribution >= 0.6 is 11.6 Å². The standard InChI is InChI=1S/C13H15ClO3/c1-7-4-12(15)10(5-11(7)14)9(6-13(16)17)8-2-3-8/h4-5,8-9,15H,2-3,6H2,1H3,(H,16,17). The summed E-state index contributed by atoms with van der Waals surface area (Å²) in [6, 6.07) is 3.31. The fourth-order valence-electron chi connectivity index (χ4n) is 2.20. The van der Waals surface area contributed by atoms with Crippen LogP contribution in [0.1, 0.15) is 36.3 Å². The Morgan fingerprint density at radius 2 is 2.18 bits per heavy atom. The van der Waals surface area contributed by atoms with Gasteiger partial charge >= 0.3 is 5.97 Å². The first-order valence-electron chi connectivity index (χ1n) is 5.70. The van der Waals surface area contributed by atoms with Crippen LogP contribution in [0.15, 0.2) is 12.1 Å². The first-order valence-corrected chi connectivity index (χ1v) is 6.07. The van der Waals surface area contributed by atoms with E-state index in [-0.39, 0.29) is 18.1 Å². The highest BCUT2D eigenvalue weighted by Gasteiger charge is 2.35. The van der Waals surface area contributed by atoms with Gasteiger partial charge in [-0.1, -0.05) is 11.6 Å². The lowest BCUT2D eigenvalue weighted by Gasteiger charge is -2.17. The van der Waals surface area contributed by atoms with Gasteiger partial charge < -0.3 is 10.2 Å². The summed E-state index contributed by atoms with van der Waals surface area (Å²) in [5, 5.41) is 19.4. The number of hydrogen-bond donors (Lipinski definition) is 2. The van der Waals surface area contributed by atoms with Crippen molar-refractivity contribution in [3.05, 3.63) is 28.3 Å². The van der Waals surface area contributed by atoms with Gasteiger partial charge in [0.25, 0.3) is 0 Å². The maximum atomic E-state index is 10.9. The number of carboxylic acid groups (broad SMARTS) is 1. The third-order valence-corrected chi connectivity index (χ3v) is 3.70. The Morgan fingerprint density at radius 3 is 2.71 bits per heavy atom. The van der Waals surface area contributed by atoms with Gasteiger partial charge in [-0.25, -0.2) is 0 Å². The van der Waals surface area contributed by atoms with Gasteiger partial charge in [0, 0.05) is 10.9 Å². The van der Waals surface area contributed by atoms with E-state index in [1.807, 2.05) is 6.92 Å². The third kappa shape index (κ3) is 2.72. The summed E-state index contributed by atoms with van der Waals surface area (Å²) in [4.78, 5) is 10.9. The molecule has 0 saturated heterocycles. The van der Waals surface area contributed by atoms with E-state index in [1.165, 1.54) is 0 Å². The van der Waals surface area contributed by atoms with Gasteiger partial charge in [-0.2, -0.15) is 0 Å². The van der Waals surface area contributed by atoms with Crippen LogP contribution in [0, 0.1) is 12.8 Å². The second kappa shape index (κ2) is 4.57. The average molecular weight is 255 g/mol. The molecule has 0 bridgehead atoms. The number of hydrogen-bond acceptors (Lipinski definition) is 2. The number of carbonyl (C=O) groups is 1. The summed E-state index contributed by atoms with van der Waals surface area (Å²) in [5.74, 6) is -0.426. The molecule has 2 rings (SSSR count). The lowest BCUT2D eigenvalue weighted by molar-refractivity contribution is -0.137. The zero-order valence-corrected chi connectivity index (χ0v) is 10.4. The molecular weight excluding hydrogens is 240 g/mol. The van der Waals surface area contributed by atoms with E-state index in [1.54, 1.807) is 12.1 Å². The van der Waals surface area contributed by atoms with Crippen LogP contribution in [-0.2, 0) is 4.79 Å². The second-order valence-corrected chi connectivity index (χ2v) is 5.11. The molecule has 0 aliphatic heterocycles. The highest BCUT2D eigenvalue weighted by molar-refractivity contribution is 6.31. The molecule has 1 aromatic carbocycles. The fourth-order valence-corrected chi connectivity index (χ4v) is 2.37.